The molecule has 0 heterocycles. The van der Waals surface area contributed by atoms with Gasteiger partial charge in [0.25, 0.3) is 0 Å². The molecular weight excluding hydrogens is 195 g/mol. The van der Waals surface area contributed by atoms with Crippen LogP contribution in [0.4, 0.5) is 0 Å². The first-order valence-corrected chi connectivity index (χ1v) is 6.43. The summed E-state index contributed by atoms with van der Waals surface area (Å²) in [6.07, 6.45) is 3.46. The zero-order valence-electron chi connectivity index (χ0n) is 4.56. The van der Waals surface area contributed by atoms with E-state index in [-0.39, 0.29) is 0 Å². The summed E-state index contributed by atoms with van der Waals surface area (Å²) < 4.78 is 0.367. The van der Waals surface area contributed by atoms with Gasteiger partial charge in [0, 0.05) is 0 Å². The summed E-state index contributed by atoms with van der Waals surface area (Å²) in [5.41, 5.74) is 0. The molecule has 0 aliphatic rings. The molecule has 1 nitrogen and oxygen atoms in total. The molecule has 7 heavy (non-hydrogen) atoms. The van der Waals surface area contributed by atoms with Crippen LogP contribution < -0.4 is 0 Å². The number of carbonyl (C=O) groups excluding carboxylic acids is 1. The van der Waals surface area contributed by atoms with Crippen molar-refractivity contribution in [2.75, 3.05) is 0 Å². The van der Waals surface area contributed by atoms with Gasteiger partial charge >= 0.3 is 53.8 Å². The Labute approximate surface area is 54.0 Å². The van der Waals surface area contributed by atoms with Gasteiger partial charge in [-0.25, -0.2) is 0 Å². The third kappa shape index (κ3) is 4.05. The predicted octanol–water partition coefficient (Wildman–Crippen LogP) is 0.841. The molecule has 38 valence electrons. The fraction of sp³-hybridized carbons (Fsp3) is 0.400. The third-order valence-electron chi connectivity index (χ3n) is 0.564. The minimum atomic E-state index is -0.625. The van der Waals surface area contributed by atoms with Gasteiger partial charge in [-0.05, 0) is 0 Å². The van der Waals surface area contributed by atoms with Crippen LogP contribution in [0, 0.1) is 0 Å². The van der Waals surface area contributed by atoms with Crippen LogP contribution in [0.1, 0.15) is 6.92 Å². The quantitative estimate of drug-likeness (QED) is 0.479. The molecule has 0 saturated heterocycles. The zero-order chi connectivity index (χ0) is 5.70. The molecule has 0 unspecified atom stereocenters. The Kier molecular flexibility index (Phi) is 4.50. The van der Waals surface area contributed by atoms with Crippen molar-refractivity contribution in [1.29, 1.82) is 0 Å². The SMILES string of the molecule is C/C=C/[C](=O)[Sn][CH3]. The van der Waals surface area contributed by atoms with Gasteiger partial charge in [0.15, 0.2) is 0 Å². The molecular formula is C5H8OSn. The Bertz CT molecular complexity index is 86.1. The van der Waals surface area contributed by atoms with Crippen molar-refractivity contribution >= 4 is 24.9 Å². The first-order chi connectivity index (χ1) is 3.31. The van der Waals surface area contributed by atoms with Crippen LogP contribution >= 0.6 is 0 Å². The number of allylic oxidation sites excluding steroid dienone is 2. The molecule has 0 saturated carbocycles. The monoisotopic (exact) mass is 204 g/mol. The van der Waals surface area contributed by atoms with E-state index in [1.807, 2.05) is 11.9 Å². The van der Waals surface area contributed by atoms with E-state index < -0.39 is 21.1 Å². The summed E-state index contributed by atoms with van der Waals surface area (Å²) in [4.78, 5) is 12.4. The average Bonchev–Trinajstić information content (AvgIpc) is 1.68. The summed E-state index contributed by atoms with van der Waals surface area (Å²) in [6, 6.07) is 0. The van der Waals surface area contributed by atoms with Gasteiger partial charge in [0.2, 0.25) is 0 Å². The maximum absolute atomic E-state index is 10.4. The number of carbonyl (C=O) groups is 1. The van der Waals surface area contributed by atoms with Gasteiger partial charge in [0.05, 0.1) is 0 Å². The third-order valence-corrected chi connectivity index (χ3v) is 2.45. The minimum absolute atomic E-state index is 0.367. The summed E-state index contributed by atoms with van der Waals surface area (Å²) in [6.45, 7) is 1.87. The molecule has 0 aromatic rings. The standard InChI is InChI=1S/C4H5O.CH3.Sn/c1-2-3-4-5;;/h2-3H,1H3;1H3;/b3-2+;;. The molecule has 0 bridgehead atoms. The molecule has 0 amide bonds. The molecule has 0 aliphatic heterocycles. The van der Waals surface area contributed by atoms with Crippen LogP contribution in [0.2, 0.25) is 4.94 Å². The Balaban J connectivity index is 3.37. The summed E-state index contributed by atoms with van der Waals surface area (Å²) >= 11 is -0.625. The Hall–Kier alpha value is 0.209. The number of hydrogen-bond donors (Lipinski definition) is 0. The Morgan fingerprint density at radius 3 is 2.43 bits per heavy atom. The molecule has 0 aromatic carbocycles. The van der Waals surface area contributed by atoms with Gasteiger partial charge in [0.1, 0.15) is 0 Å². The van der Waals surface area contributed by atoms with E-state index in [0.717, 1.165) is 0 Å². The van der Waals surface area contributed by atoms with Gasteiger partial charge < -0.3 is 0 Å². The van der Waals surface area contributed by atoms with E-state index in [1.165, 1.54) is 0 Å². The number of rotatable bonds is 2. The van der Waals surface area contributed by atoms with Gasteiger partial charge in [-0.1, -0.05) is 0 Å². The van der Waals surface area contributed by atoms with E-state index in [9.17, 15) is 4.79 Å². The summed E-state index contributed by atoms with van der Waals surface area (Å²) in [5, 5.41) is 0. The molecule has 0 fully saturated rings. The molecule has 0 aromatic heterocycles. The fourth-order valence-electron chi connectivity index (χ4n) is 0.235. The van der Waals surface area contributed by atoms with Crippen LogP contribution in [0.5, 0.6) is 0 Å². The predicted molar refractivity (Wildman–Crippen MR) is 31.4 cm³/mol. The molecule has 2 heteroatoms. The Morgan fingerprint density at radius 1 is 1.71 bits per heavy atom. The molecule has 0 atom stereocenters. The van der Waals surface area contributed by atoms with Gasteiger partial charge in [-0.15, -0.1) is 0 Å². The molecule has 0 rings (SSSR count). The van der Waals surface area contributed by atoms with Crippen molar-refractivity contribution in [2.24, 2.45) is 0 Å². The van der Waals surface area contributed by atoms with E-state index in [0.29, 0.717) is 3.80 Å². The van der Waals surface area contributed by atoms with Crippen LogP contribution in [-0.2, 0) is 4.79 Å². The van der Waals surface area contributed by atoms with Crippen LogP contribution in [0.15, 0.2) is 12.2 Å². The second-order valence-corrected chi connectivity index (χ2v) is 3.95. The van der Waals surface area contributed by atoms with E-state index >= 15 is 0 Å². The van der Waals surface area contributed by atoms with Crippen molar-refractivity contribution in [2.45, 2.75) is 11.9 Å². The van der Waals surface area contributed by atoms with E-state index in [2.05, 4.69) is 0 Å². The van der Waals surface area contributed by atoms with Crippen molar-refractivity contribution in [3.63, 3.8) is 0 Å². The Morgan fingerprint density at radius 2 is 2.29 bits per heavy atom. The zero-order valence-corrected chi connectivity index (χ0v) is 7.42. The number of hydrogen-bond acceptors (Lipinski definition) is 1. The molecule has 2 radical (unpaired) electrons. The van der Waals surface area contributed by atoms with Gasteiger partial charge in [-0.2, -0.15) is 0 Å². The topological polar surface area (TPSA) is 17.1 Å². The van der Waals surface area contributed by atoms with Crippen molar-refractivity contribution in [1.82, 2.24) is 0 Å². The first kappa shape index (κ1) is 7.21. The van der Waals surface area contributed by atoms with Crippen LogP contribution in [0.3, 0.4) is 0 Å². The molecule has 0 aliphatic carbocycles. The molecule has 0 spiro atoms. The van der Waals surface area contributed by atoms with Crippen molar-refractivity contribution in [3.8, 4) is 0 Å². The van der Waals surface area contributed by atoms with Crippen molar-refractivity contribution in [3.05, 3.63) is 12.2 Å². The average molecular weight is 203 g/mol. The molecule has 0 N–H and O–H groups in total. The fourth-order valence-corrected chi connectivity index (χ4v) is 1.19. The summed E-state index contributed by atoms with van der Waals surface area (Å²) in [5.74, 6) is 0. The van der Waals surface area contributed by atoms with Crippen molar-refractivity contribution < 1.29 is 4.79 Å². The second-order valence-electron chi connectivity index (χ2n) is 1.11. The normalized spacial score (nSPS) is 10.0. The van der Waals surface area contributed by atoms with Gasteiger partial charge in [-0.3, -0.25) is 0 Å². The van der Waals surface area contributed by atoms with E-state index in [1.54, 1.807) is 12.2 Å². The van der Waals surface area contributed by atoms with E-state index in [4.69, 9.17) is 0 Å². The maximum atomic E-state index is 10.4. The van der Waals surface area contributed by atoms with Crippen LogP contribution in [0.25, 0.3) is 0 Å². The van der Waals surface area contributed by atoms with Crippen LogP contribution in [-0.4, -0.2) is 24.9 Å². The first-order valence-electron chi connectivity index (χ1n) is 2.15. The second kappa shape index (κ2) is 4.37. The summed E-state index contributed by atoms with van der Waals surface area (Å²) in [7, 11) is 0.